The van der Waals surface area contributed by atoms with Crippen LogP contribution in [0.15, 0.2) is 53.4 Å². The maximum absolute atomic E-state index is 14.7. The molecular weight excluding hydrogens is 547 g/mol. The van der Waals surface area contributed by atoms with Gasteiger partial charge in [-0.15, -0.1) is 0 Å². The third-order valence-corrected chi connectivity index (χ3v) is 9.60. The highest BCUT2D eigenvalue weighted by atomic mass is 32.2. The summed E-state index contributed by atoms with van der Waals surface area (Å²) in [5.41, 5.74) is 1.13. The Hall–Kier alpha value is -3.71. The van der Waals surface area contributed by atoms with Crippen molar-refractivity contribution in [2.24, 2.45) is 0 Å². The Labute approximate surface area is 229 Å². The van der Waals surface area contributed by atoms with E-state index in [9.17, 15) is 26.4 Å². The van der Waals surface area contributed by atoms with Crippen LogP contribution < -0.4 is 15.5 Å². The van der Waals surface area contributed by atoms with Gasteiger partial charge in [-0.2, -0.15) is 0 Å². The van der Waals surface area contributed by atoms with Gasteiger partial charge in [0.1, 0.15) is 33.8 Å². The number of alkyl halides is 1. The summed E-state index contributed by atoms with van der Waals surface area (Å²) in [4.78, 5) is 22.2. The van der Waals surface area contributed by atoms with Crippen molar-refractivity contribution in [3.8, 4) is 11.4 Å². The molecule has 0 unspecified atom stereocenters. The monoisotopic (exact) mass is 575 g/mol. The lowest BCUT2D eigenvalue weighted by molar-refractivity contribution is 0.0985. The van der Waals surface area contributed by atoms with E-state index in [1.807, 2.05) is 11.8 Å². The molecule has 1 atom stereocenters. The van der Waals surface area contributed by atoms with Crippen molar-refractivity contribution in [3.63, 3.8) is 0 Å². The van der Waals surface area contributed by atoms with Gasteiger partial charge in [-0.25, -0.2) is 36.4 Å². The number of benzene rings is 2. The van der Waals surface area contributed by atoms with Crippen LogP contribution in [0.5, 0.6) is 0 Å². The number of halogens is 3. The van der Waals surface area contributed by atoms with Gasteiger partial charge < -0.3 is 20.3 Å². The number of hydrogen-bond acceptors (Lipinski definition) is 7. The second kappa shape index (κ2) is 11.0. The molecule has 2 N–H and O–H groups in total. The van der Waals surface area contributed by atoms with E-state index in [1.54, 1.807) is 30.3 Å². The predicted octanol–water partition coefficient (Wildman–Crippen LogP) is 4.20. The lowest BCUT2D eigenvalue weighted by atomic mass is 10.1. The number of nitrogens with one attached hydrogen (secondary N) is 2. The van der Waals surface area contributed by atoms with Gasteiger partial charge in [0.15, 0.2) is 15.7 Å². The van der Waals surface area contributed by atoms with Gasteiger partial charge in [0.05, 0.1) is 24.9 Å². The molecule has 1 aliphatic heterocycles. The number of aromatic nitrogens is 2. The number of sulfone groups is 1. The lowest BCUT2D eigenvalue weighted by Gasteiger charge is -2.34. The molecule has 2 amide bonds. The van der Waals surface area contributed by atoms with Crippen molar-refractivity contribution in [2.75, 3.05) is 43.2 Å². The van der Waals surface area contributed by atoms with Crippen LogP contribution in [-0.2, 0) is 19.3 Å². The molecule has 9 nitrogen and oxygen atoms in total. The summed E-state index contributed by atoms with van der Waals surface area (Å²) in [5, 5.41) is 4.95. The normalized spacial score (nSPS) is 18.3. The number of carbonyl (C=O) groups excluding carboxylic acids is 1. The quantitative estimate of drug-likeness (QED) is 0.414. The minimum absolute atomic E-state index is 0.0606. The highest BCUT2D eigenvalue weighted by Gasteiger charge is 2.59. The van der Waals surface area contributed by atoms with Crippen LogP contribution in [0.3, 0.4) is 0 Å². The van der Waals surface area contributed by atoms with E-state index in [0.29, 0.717) is 36.8 Å². The zero-order valence-corrected chi connectivity index (χ0v) is 22.5. The number of urea groups is 1. The van der Waals surface area contributed by atoms with Gasteiger partial charge in [-0.3, -0.25) is 0 Å². The zero-order valence-electron chi connectivity index (χ0n) is 21.7. The number of rotatable bonds is 8. The molecule has 0 bridgehead atoms. The molecule has 2 fully saturated rings. The van der Waals surface area contributed by atoms with E-state index in [-0.39, 0.29) is 36.9 Å². The topological polar surface area (TPSA) is 114 Å². The highest BCUT2D eigenvalue weighted by Crippen LogP contribution is 2.55. The van der Waals surface area contributed by atoms with Crippen molar-refractivity contribution in [1.29, 1.82) is 0 Å². The summed E-state index contributed by atoms with van der Waals surface area (Å²) >= 11 is 0. The first kappa shape index (κ1) is 27.8. The maximum atomic E-state index is 14.7. The smallest absolute Gasteiger partial charge is 0.319 e. The molecule has 1 saturated carbocycles. The minimum Gasteiger partial charge on any atom is -0.377 e. The standard InChI is InChI=1S/C27H28F3N5O4S/c1-17-16-39-14-13-35(17)23-15-22(27(9-10-27)40(37,38)24-20(29)3-2-4-21(24)30)33-25(34-23)18-5-7-19(8-6-18)32-26(36)31-12-11-28/h2-8,15,17H,9-14,16H2,1H3,(H2,31,32,36)/t17-/m0/s1. The first-order valence-corrected chi connectivity index (χ1v) is 14.3. The molecule has 1 aliphatic carbocycles. The Kier molecular flexibility index (Phi) is 7.69. The first-order valence-electron chi connectivity index (χ1n) is 12.8. The summed E-state index contributed by atoms with van der Waals surface area (Å²) in [6.07, 6.45) is 0.295. The number of nitrogens with zero attached hydrogens (tertiary/aromatic N) is 3. The third kappa shape index (κ3) is 5.22. The van der Waals surface area contributed by atoms with E-state index >= 15 is 0 Å². The molecule has 0 spiro atoms. The summed E-state index contributed by atoms with van der Waals surface area (Å²) < 4.78 is 73.0. The summed E-state index contributed by atoms with van der Waals surface area (Å²) in [5.74, 6) is -1.61. The molecule has 1 aromatic heterocycles. The number of amides is 2. The molecule has 1 saturated heterocycles. The van der Waals surface area contributed by atoms with Gasteiger partial charge in [0.25, 0.3) is 0 Å². The average Bonchev–Trinajstić information content (AvgIpc) is 3.75. The second-order valence-corrected chi connectivity index (χ2v) is 11.9. The van der Waals surface area contributed by atoms with Crippen molar-refractivity contribution in [2.45, 2.75) is 35.4 Å². The predicted molar refractivity (Wildman–Crippen MR) is 143 cm³/mol. The number of hydrogen-bond donors (Lipinski definition) is 2. The van der Waals surface area contributed by atoms with Gasteiger partial charge in [-0.05, 0) is 56.2 Å². The van der Waals surface area contributed by atoms with Crippen LogP contribution in [0, 0.1) is 11.6 Å². The van der Waals surface area contributed by atoms with Crippen molar-refractivity contribution in [1.82, 2.24) is 15.3 Å². The number of anilines is 2. The summed E-state index contributed by atoms with van der Waals surface area (Å²) in [6.45, 7) is 2.56. The van der Waals surface area contributed by atoms with E-state index < -0.39 is 43.8 Å². The number of morpholine rings is 1. The number of carbonyl (C=O) groups is 1. The SMILES string of the molecule is C[C@H]1COCCN1c1cc(C2(S(=O)(=O)c3c(F)cccc3F)CC2)nc(-c2ccc(NC(=O)NCCF)cc2)n1. The van der Waals surface area contributed by atoms with E-state index in [2.05, 4.69) is 15.6 Å². The van der Waals surface area contributed by atoms with Gasteiger partial charge in [-0.1, -0.05) is 6.07 Å². The molecular formula is C27H28F3N5O4S. The maximum Gasteiger partial charge on any atom is 0.319 e. The van der Waals surface area contributed by atoms with Gasteiger partial charge in [0, 0.05) is 30.4 Å². The van der Waals surface area contributed by atoms with Crippen LogP contribution >= 0.6 is 0 Å². The Morgan fingerprint density at radius 2 is 1.82 bits per heavy atom. The van der Waals surface area contributed by atoms with E-state index in [4.69, 9.17) is 9.72 Å². The summed E-state index contributed by atoms with van der Waals surface area (Å²) in [6, 6.07) is 10.4. The Morgan fingerprint density at radius 1 is 1.12 bits per heavy atom. The average molecular weight is 576 g/mol. The van der Waals surface area contributed by atoms with Crippen LogP contribution in [-0.4, -0.2) is 63.4 Å². The third-order valence-electron chi connectivity index (χ3n) is 7.03. The van der Waals surface area contributed by atoms with Crippen LogP contribution in [0.2, 0.25) is 0 Å². The number of ether oxygens (including phenoxy) is 1. The molecule has 212 valence electrons. The van der Waals surface area contributed by atoms with Gasteiger partial charge in [0.2, 0.25) is 0 Å². The minimum atomic E-state index is -4.49. The van der Waals surface area contributed by atoms with E-state index in [0.717, 1.165) is 18.2 Å². The van der Waals surface area contributed by atoms with Crippen molar-refractivity contribution < 1.29 is 31.1 Å². The first-order chi connectivity index (χ1) is 19.2. The van der Waals surface area contributed by atoms with Crippen molar-refractivity contribution in [3.05, 3.63) is 65.9 Å². The van der Waals surface area contributed by atoms with Crippen LogP contribution in [0.1, 0.15) is 25.5 Å². The van der Waals surface area contributed by atoms with E-state index in [1.165, 1.54) is 0 Å². The Morgan fingerprint density at radius 3 is 2.45 bits per heavy atom. The fourth-order valence-corrected chi connectivity index (χ4v) is 6.82. The molecule has 40 heavy (non-hydrogen) atoms. The Balaban J connectivity index is 1.56. The van der Waals surface area contributed by atoms with Crippen LogP contribution in [0.25, 0.3) is 11.4 Å². The fraction of sp³-hybridized carbons (Fsp3) is 0.370. The largest absolute Gasteiger partial charge is 0.377 e. The molecule has 2 heterocycles. The Bertz CT molecular complexity index is 1500. The van der Waals surface area contributed by atoms with Gasteiger partial charge >= 0.3 is 6.03 Å². The molecule has 13 heteroatoms. The molecule has 2 aliphatic rings. The highest BCUT2D eigenvalue weighted by molar-refractivity contribution is 7.92. The molecule has 2 aromatic carbocycles. The molecule has 5 rings (SSSR count). The molecule has 0 radical (unpaired) electrons. The van der Waals surface area contributed by atoms with Crippen molar-refractivity contribution >= 4 is 27.4 Å². The zero-order chi connectivity index (χ0) is 28.5. The summed E-state index contributed by atoms with van der Waals surface area (Å²) in [7, 11) is -4.49. The molecule has 3 aromatic rings. The fourth-order valence-electron chi connectivity index (χ4n) is 4.76. The second-order valence-electron chi connectivity index (χ2n) is 9.75. The van der Waals surface area contributed by atoms with Crippen LogP contribution in [0.4, 0.5) is 29.5 Å². The lowest BCUT2D eigenvalue weighted by Crippen LogP contribution is -2.44.